The Morgan fingerprint density at radius 1 is 1.23 bits per heavy atom. The third kappa shape index (κ3) is 5.42. The molecule has 2 rings (SSSR count). The van der Waals surface area contributed by atoms with E-state index in [0.717, 1.165) is 5.56 Å². The van der Waals surface area contributed by atoms with Crippen LogP contribution in [0.5, 0.6) is 0 Å². The van der Waals surface area contributed by atoms with Gasteiger partial charge in [0.05, 0.1) is 26.5 Å². The quantitative estimate of drug-likeness (QED) is 0.278. The van der Waals surface area contributed by atoms with E-state index < -0.39 is 44.4 Å². The van der Waals surface area contributed by atoms with Gasteiger partial charge < -0.3 is 24.4 Å². The van der Waals surface area contributed by atoms with Crippen LogP contribution in [0.25, 0.3) is 10.4 Å². The van der Waals surface area contributed by atoms with Gasteiger partial charge in [0.2, 0.25) is 0 Å². The summed E-state index contributed by atoms with van der Waals surface area (Å²) in [5.74, 6) is 0. The van der Waals surface area contributed by atoms with E-state index in [1.54, 1.807) is 6.92 Å². The van der Waals surface area contributed by atoms with Crippen LogP contribution in [0.4, 0.5) is 0 Å². The number of ether oxygens (including phenoxy) is 3. The maximum atomic E-state index is 11.3. The normalized spacial score (nSPS) is 28.6. The first-order valence-electron chi connectivity index (χ1n) is 10.4. The standard InChI is InChI=1S/C21H35N3O5Si/c1-7-27-20-15(23-24-22)17(28-13-14-11-9-8-10-12-14)16(25)18(29-20)19(26)30(5,6)21(2,3)4/h8-12,15-20,25-26H,7,13H2,1-6H3/t15-,16+,17-,18+,19?,20+/m1/s1. The van der Waals surface area contributed by atoms with Gasteiger partial charge in [-0.2, -0.15) is 0 Å². The van der Waals surface area contributed by atoms with Crippen molar-refractivity contribution in [3.8, 4) is 0 Å². The van der Waals surface area contributed by atoms with Crippen molar-refractivity contribution in [3.63, 3.8) is 0 Å². The molecular weight excluding hydrogens is 402 g/mol. The summed E-state index contributed by atoms with van der Waals surface area (Å²) < 4.78 is 17.7. The molecular formula is C21H35N3O5Si. The Morgan fingerprint density at radius 2 is 1.87 bits per heavy atom. The summed E-state index contributed by atoms with van der Waals surface area (Å²) >= 11 is 0. The highest BCUT2D eigenvalue weighted by molar-refractivity contribution is 6.81. The third-order valence-corrected chi connectivity index (χ3v) is 12.0. The molecule has 0 saturated carbocycles. The number of hydrogen-bond donors (Lipinski definition) is 2. The molecule has 6 atom stereocenters. The average molecular weight is 438 g/mol. The maximum Gasteiger partial charge on any atom is 0.169 e. The van der Waals surface area contributed by atoms with Gasteiger partial charge >= 0.3 is 0 Å². The van der Waals surface area contributed by atoms with Crippen LogP contribution in [0, 0.1) is 0 Å². The molecule has 168 valence electrons. The second-order valence-electron chi connectivity index (χ2n) is 9.29. The zero-order chi connectivity index (χ0) is 22.5. The molecule has 8 nitrogen and oxygen atoms in total. The number of aliphatic hydroxyl groups excluding tert-OH is 2. The number of benzene rings is 1. The predicted molar refractivity (Wildman–Crippen MR) is 117 cm³/mol. The highest BCUT2D eigenvalue weighted by atomic mass is 28.3. The topological polar surface area (TPSA) is 117 Å². The van der Waals surface area contributed by atoms with Gasteiger partial charge in [-0.3, -0.25) is 0 Å². The van der Waals surface area contributed by atoms with Gasteiger partial charge in [0.25, 0.3) is 0 Å². The Kier molecular flexibility index (Phi) is 8.47. The SMILES string of the molecule is CCO[C@H]1O[C@H](C(O)[Si](C)(C)C(C)(C)C)[C@@H](O)[C@H](OCc2ccccc2)[C@H]1N=[N+]=[N-]. The van der Waals surface area contributed by atoms with Crippen molar-refractivity contribution in [3.05, 3.63) is 46.3 Å². The minimum Gasteiger partial charge on any atom is -0.394 e. The van der Waals surface area contributed by atoms with E-state index in [4.69, 9.17) is 19.7 Å². The van der Waals surface area contributed by atoms with Crippen LogP contribution >= 0.6 is 0 Å². The summed E-state index contributed by atoms with van der Waals surface area (Å²) in [7, 11) is -2.29. The van der Waals surface area contributed by atoms with Crippen molar-refractivity contribution in [1.29, 1.82) is 0 Å². The van der Waals surface area contributed by atoms with E-state index in [1.165, 1.54) is 0 Å². The van der Waals surface area contributed by atoms with Gasteiger partial charge in [0.15, 0.2) is 6.29 Å². The molecule has 1 fully saturated rings. The summed E-state index contributed by atoms with van der Waals surface area (Å²) in [5, 5.41) is 26.1. The lowest BCUT2D eigenvalue weighted by Crippen LogP contribution is -2.66. The molecule has 0 radical (unpaired) electrons. The molecule has 0 spiro atoms. The van der Waals surface area contributed by atoms with Crippen molar-refractivity contribution < 1.29 is 24.4 Å². The van der Waals surface area contributed by atoms with Crippen molar-refractivity contribution in [2.75, 3.05) is 6.61 Å². The van der Waals surface area contributed by atoms with Gasteiger partial charge in [-0.1, -0.05) is 69.3 Å². The van der Waals surface area contributed by atoms with Crippen LogP contribution in [0.3, 0.4) is 0 Å². The van der Waals surface area contributed by atoms with Gasteiger partial charge in [0.1, 0.15) is 18.2 Å². The van der Waals surface area contributed by atoms with Crippen molar-refractivity contribution in [2.45, 2.75) is 88.8 Å². The molecule has 1 aromatic rings. The lowest BCUT2D eigenvalue weighted by Gasteiger charge is -2.49. The van der Waals surface area contributed by atoms with Crippen LogP contribution < -0.4 is 0 Å². The zero-order valence-electron chi connectivity index (χ0n) is 18.7. The summed E-state index contributed by atoms with van der Waals surface area (Å²) in [4.78, 5) is 2.91. The number of nitrogens with zero attached hydrogens (tertiary/aromatic N) is 3. The molecule has 1 aliphatic heterocycles. The molecule has 1 aromatic carbocycles. The average Bonchev–Trinajstić information content (AvgIpc) is 2.69. The van der Waals surface area contributed by atoms with Crippen LogP contribution in [0.2, 0.25) is 18.1 Å². The Balaban J connectivity index is 2.35. The van der Waals surface area contributed by atoms with E-state index in [0.29, 0.717) is 6.61 Å². The smallest absolute Gasteiger partial charge is 0.169 e. The number of hydrogen-bond acceptors (Lipinski definition) is 6. The second kappa shape index (κ2) is 10.2. The van der Waals surface area contributed by atoms with Gasteiger partial charge in [-0.05, 0) is 23.1 Å². The van der Waals surface area contributed by atoms with E-state index in [1.807, 2.05) is 30.3 Å². The molecule has 1 heterocycles. The van der Waals surface area contributed by atoms with E-state index in [9.17, 15) is 10.2 Å². The van der Waals surface area contributed by atoms with Crippen LogP contribution in [-0.4, -0.2) is 61.3 Å². The molecule has 1 unspecified atom stereocenters. The fourth-order valence-corrected chi connectivity index (χ4v) is 5.41. The summed E-state index contributed by atoms with van der Waals surface area (Å²) in [6, 6.07) is 8.66. The second-order valence-corrected chi connectivity index (χ2v) is 14.8. The monoisotopic (exact) mass is 437 g/mol. The van der Waals surface area contributed by atoms with Crippen molar-refractivity contribution in [2.24, 2.45) is 5.11 Å². The van der Waals surface area contributed by atoms with E-state index in [-0.39, 0.29) is 11.6 Å². The zero-order valence-corrected chi connectivity index (χ0v) is 19.7. The molecule has 1 aliphatic rings. The highest BCUT2D eigenvalue weighted by Gasteiger charge is 2.54. The molecule has 1 saturated heterocycles. The Morgan fingerprint density at radius 3 is 2.40 bits per heavy atom. The molecule has 9 heteroatoms. The number of aliphatic hydroxyl groups is 2. The Labute approximate surface area is 179 Å². The van der Waals surface area contributed by atoms with Crippen LogP contribution in [0.1, 0.15) is 33.3 Å². The van der Waals surface area contributed by atoms with E-state index in [2.05, 4.69) is 43.9 Å². The van der Waals surface area contributed by atoms with Crippen molar-refractivity contribution in [1.82, 2.24) is 0 Å². The van der Waals surface area contributed by atoms with Gasteiger partial charge in [-0.15, -0.1) is 0 Å². The molecule has 2 N–H and O–H groups in total. The molecule has 0 bridgehead atoms. The fourth-order valence-electron chi connectivity index (χ4n) is 3.42. The Hall–Kier alpha value is -1.45. The molecule has 0 aliphatic carbocycles. The predicted octanol–water partition coefficient (Wildman–Crippen LogP) is 3.78. The molecule has 30 heavy (non-hydrogen) atoms. The largest absolute Gasteiger partial charge is 0.394 e. The maximum absolute atomic E-state index is 11.3. The minimum absolute atomic E-state index is 0.126. The van der Waals surface area contributed by atoms with Crippen LogP contribution in [-0.2, 0) is 20.8 Å². The van der Waals surface area contributed by atoms with Crippen molar-refractivity contribution >= 4 is 8.07 Å². The van der Waals surface area contributed by atoms with E-state index >= 15 is 0 Å². The van der Waals surface area contributed by atoms with Gasteiger partial charge in [-0.25, -0.2) is 0 Å². The molecule has 0 aromatic heterocycles. The fraction of sp³-hybridized carbons (Fsp3) is 0.714. The number of rotatable bonds is 8. The minimum atomic E-state index is -2.29. The van der Waals surface area contributed by atoms with Crippen LogP contribution in [0.15, 0.2) is 35.4 Å². The number of azide groups is 1. The third-order valence-electron chi connectivity index (χ3n) is 6.36. The first kappa shape index (κ1) is 24.8. The van der Waals surface area contributed by atoms with Gasteiger partial charge in [0, 0.05) is 11.5 Å². The lowest BCUT2D eigenvalue weighted by molar-refractivity contribution is -0.277. The summed E-state index contributed by atoms with van der Waals surface area (Å²) in [6.45, 7) is 12.8. The highest BCUT2D eigenvalue weighted by Crippen LogP contribution is 2.41. The first-order chi connectivity index (χ1) is 14.0. The molecule has 0 amide bonds. The summed E-state index contributed by atoms with van der Waals surface area (Å²) in [5.41, 5.74) is 9.12. The Bertz CT molecular complexity index is 721. The lowest BCUT2D eigenvalue weighted by atomic mass is 9.97. The summed E-state index contributed by atoms with van der Waals surface area (Å²) in [6.07, 6.45) is -3.88. The first-order valence-corrected chi connectivity index (χ1v) is 13.4.